The topological polar surface area (TPSA) is 46.0 Å². The lowest BCUT2D eigenvalue weighted by atomic mass is 9.99. The lowest BCUT2D eigenvalue weighted by Gasteiger charge is -2.09. The molecule has 0 saturated heterocycles. The van der Waals surface area contributed by atoms with E-state index in [2.05, 4.69) is 9.97 Å². The van der Waals surface area contributed by atoms with E-state index < -0.39 is 0 Å². The minimum absolute atomic E-state index is 0.253. The van der Waals surface area contributed by atoms with Gasteiger partial charge in [0.25, 0.3) is 0 Å². The molecule has 2 heterocycles. The number of aromatic nitrogens is 2. The van der Waals surface area contributed by atoms with Gasteiger partial charge in [-0.2, -0.15) is 0 Å². The molecule has 0 saturated carbocycles. The molecule has 0 atom stereocenters. The Morgan fingerprint density at radius 1 is 0.684 bits per heavy atom. The SMILES string of the molecule is Oc1c(-c2cccnc2)cccc1-c1cccnc1. The van der Waals surface area contributed by atoms with Crippen LogP contribution in [-0.4, -0.2) is 15.1 Å². The molecular weight excluding hydrogens is 236 g/mol. The molecule has 19 heavy (non-hydrogen) atoms. The average molecular weight is 248 g/mol. The van der Waals surface area contributed by atoms with Gasteiger partial charge in [-0.05, 0) is 12.1 Å². The highest BCUT2D eigenvalue weighted by molar-refractivity contribution is 5.81. The first-order chi connectivity index (χ1) is 9.36. The predicted molar refractivity (Wildman–Crippen MR) is 74.6 cm³/mol. The summed E-state index contributed by atoms with van der Waals surface area (Å²) in [4.78, 5) is 8.16. The number of hydrogen-bond donors (Lipinski definition) is 1. The second-order valence-corrected chi connectivity index (χ2v) is 4.19. The monoisotopic (exact) mass is 248 g/mol. The minimum Gasteiger partial charge on any atom is -0.507 e. The first-order valence-corrected chi connectivity index (χ1v) is 5.99. The van der Waals surface area contributed by atoms with Gasteiger partial charge in [-0.15, -0.1) is 0 Å². The Bertz CT molecular complexity index is 624. The molecule has 1 aromatic carbocycles. The first kappa shape index (κ1) is 11.4. The molecule has 3 rings (SSSR count). The van der Waals surface area contributed by atoms with Crippen LogP contribution in [0.2, 0.25) is 0 Å². The van der Waals surface area contributed by atoms with Gasteiger partial charge in [0, 0.05) is 47.0 Å². The molecule has 0 amide bonds. The fraction of sp³-hybridized carbons (Fsp3) is 0. The van der Waals surface area contributed by atoms with E-state index in [-0.39, 0.29) is 5.75 Å². The molecule has 2 aromatic heterocycles. The minimum atomic E-state index is 0.253. The maximum atomic E-state index is 10.4. The number of benzene rings is 1. The third-order valence-electron chi connectivity index (χ3n) is 2.98. The van der Waals surface area contributed by atoms with Crippen molar-refractivity contribution < 1.29 is 5.11 Å². The first-order valence-electron chi connectivity index (χ1n) is 5.99. The molecule has 3 nitrogen and oxygen atoms in total. The fourth-order valence-electron chi connectivity index (χ4n) is 2.05. The number of phenols is 1. The van der Waals surface area contributed by atoms with E-state index >= 15 is 0 Å². The standard InChI is InChI=1S/C16H12N2O/c19-16-14(12-4-2-8-17-10-12)6-1-7-15(16)13-5-3-9-18-11-13/h1-11,19H. The van der Waals surface area contributed by atoms with Crippen LogP contribution in [0.25, 0.3) is 22.3 Å². The Hall–Kier alpha value is -2.68. The Morgan fingerprint density at radius 3 is 1.63 bits per heavy atom. The lowest BCUT2D eigenvalue weighted by Crippen LogP contribution is -1.85. The summed E-state index contributed by atoms with van der Waals surface area (Å²) in [6.07, 6.45) is 6.90. The van der Waals surface area contributed by atoms with Crippen molar-refractivity contribution in [3.8, 4) is 28.0 Å². The summed E-state index contributed by atoms with van der Waals surface area (Å²) >= 11 is 0. The largest absolute Gasteiger partial charge is 0.507 e. The molecule has 0 aliphatic carbocycles. The predicted octanol–water partition coefficient (Wildman–Crippen LogP) is 3.52. The number of rotatable bonds is 2. The molecule has 0 spiro atoms. The third-order valence-corrected chi connectivity index (χ3v) is 2.98. The number of nitrogens with zero attached hydrogens (tertiary/aromatic N) is 2. The van der Waals surface area contributed by atoms with Gasteiger partial charge in [-0.25, -0.2) is 0 Å². The van der Waals surface area contributed by atoms with Crippen molar-refractivity contribution >= 4 is 0 Å². The van der Waals surface area contributed by atoms with Crippen LogP contribution in [0, 0.1) is 0 Å². The van der Waals surface area contributed by atoms with Crippen LogP contribution < -0.4 is 0 Å². The molecule has 3 aromatic rings. The maximum Gasteiger partial charge on any atom is 0.131 e. The highest BCUT2D eigenvalue weighted by atomic mass is 16.3. The van der Waals surface area contributed by atoms with E-state index in [1.54, 1.807) is 24.8 Å². The summed E-state index contributed by atoms with van der Waals surface area (Å²) in [5.41, 5.74) is 3.33. The van der Waals surface area contributed by atoms with Gasteiger partial charge in [-0.1, -0.05) is 30.3 Å². The van der Waals surface area contributed by atoms with Crippen molar-refractivity contribution in [2.75, 3.05) is 0 Å². The number of aromatic hydroxyl groups is 1. The maximum absolute atomic E-state index is 10.4. The van der Waals surface area contributed by atoms with Crippen LogP contribution >= 0.6 is 0 Å². The lowest BCUT2D eigenvalue weighted by molar-refractivity contribution is 0.479. The van der Waals surface area contributed by atoms with Crippen LogP contribution in [0.3, 0.4) is 0 Å². The van der Waals surface area contributed by atoms with Crippen LogP contribution in [0.15, 0.2) is 67.3 Å². The zero-order chi connectivity index (χ0) is 13.1. The van der Waals surface area contributed by atoms with Crippen LogP contribution in [0.1, 0.15) is 0 Å². The van der Waals surface area contributed by atoms with Crippen LogP contribution in [-0.2, 0) is 0 Å². The molecule has 0 fully saturated rings. The Morgan fingerprint density at radius 2 is 1.21 bits per heavy atom. The summed E-state index contributed by atoms with van der Waals surface area (Å²) in [6.45, 7) is 0. The zero-order valence-corrected chi connectivity index (χ0v) is 10.2. The normalized spacial score (nSPS) is 10.3. The molecule has 0 radical (unpaired) electrons. The summed E-state index contributed by atoms with van der Waals surface area (Å²) in [5.74, 6) is 0.253. The molecule has 92 valence electrons. The number of para-hydroxylation sites is 1. The van der Waals surface area contributed by atoms with Gasteiger partial charge in [0.05, 0.1) is 0 Å². The Kier molecular flexibility index (Phi) is 2.94. The molecule has 0 aliphatic rings. The molecule has 1 N–H and O–H groups in total. The van der Waals surface area contributed by atoms with Gasteiger partial charge < -0.3 is 5.11 Å². The Labute approximate surface area is 111 Å². The van der Waals surface area contributed by atoms with Crippen molar-refractivity contribution in [2.45, 2.75) is 0 Å². The van der Waals surface area contributed by atoms with E-state index in [1.165, 1.54) is 0 Å². The van der Waals surface area contributed by atoms with E-state index in [0.717, 1.165) is 22.3 Å². The number of phenolic OH excluding ortho intramolecular Hbond substituents is 1. The van der Waals surface area contributed by atoms with Crippen molar-refractivity contribution in [3.63, 3.8) is 0 Å². The summed E-state index contributed by atoms with van der Waals surface area (Å²) in [7, 11) is 0. The highest BCUT2D eigenvalue weighted by Gasteiger charge is 2.10. The molecule has 0 bridgehead atoms. The molecular formula is C16H12N2O. The smallest absolute Gasteiger partial charge is 0.131 e. The van der Waals surface area contributed by atoms with Gasteiger partial charge in [-0.3, -0.25) is 9.97 Å². The fourth-order valence-corrected chi connectivity index (χ4v) is 2.05. The number of hydrogen-bond acceptors (Lipinski definition) is 3. The van der Waals surface area contributed by atoms with E-state index in [9.17, 15) is 5.11 Å². The van der Waals surface area contributed by atoms with Crippen molar-refractivity contribution in [1.82, 2.24) is 9.97 Å². The third kappa shape index (κ3) is 2.18. The zero-order valence-electron chi connectivity index (χ0n) is 10.2. The second kappa shape index (κ2) is 4.90. The van der Waals surface area contributed by atoms with Gasteiger partial charge >= 0.3 is 0 Å². The van der Waals surface area contributed by atoms with Crippen molar-refractivity contribution in [1.29, 1.82) is 0 Å². The van der Waals surface area contributed by atoms with Crippen LogP contribution in [0.5, 0.6) is 5.75 Å². The summed E-state index contributed by atoms with van der Waals surface area (Å²) in [5, 5.41) is 10.4. The van der Waals surface area contributed by atoms with Crippen LogP contribution in [0.4, 0.5) is 0 Å². The Balaban J connectivity index is 2.15. The quantitative estimate of drug-likeness (QED) is 0.754. The summed E-state index contributed by atoms with van der Waals surface area (Å²) in [6, 6.07) is 13.2. The molecule has 0 unspecified atom stereocenters. The second-order valence-electron chi connectivity index (χ2n) is 4.19. The molecule has 3 heteroatoms. The van der Waals surface area contributed by atoms with Gasteiger partial charge in [0.15, 0.2) is 0 Å². The van der Waals surface area contributed by atoms with Crippen molar-refractivity contribution in [2.24, 2.45) is 0 Å². The van der Waals surface area contributed by atoms with E-state index in [0.29, 0.717) is 0 Å². The van der Waals surface area contributed by atoms with E-state index in [1.807, 2.05) is 42.5 Å². The van der Waals surface area contributed by atoms with Gasteiger partial charge in [0.2, 0.25) is 0 Å². The van der Waals surface area contributed by atoms with E-state index in [4.69, 9.17) is 0 Å². The average Bonchev–Trinajstić information content (AvgIpc) is 2.49. The van der Waals surface area contributed by atoms with Crippen molar-refractivity contribution in [3.05, 3.63) is 67.3 Å². The number of pyridine rings is 2. The highest BCUT2D eigenvalue weighted by Crippen LogP contribution is 2.37. The molecule has 0 aliphatic heterocycles. The summed E-state index contributed by atoms with van der Waals surface area (Å²) < 4.78 is 0. The van der Waals surface area contributed by atoms with Gasteiger partial charge in [0.1, 0.15) is 5.75 Å².